The second-order valence-corrected chi connectivity index (χ2v) is 10.8. The highest BCUT2D eigenvalue weighted by Crippen LogP contribution is 2.42. The molecule has 0 spiro atoms. The number of nitrogens with one attached hydrogen (secondary N) is 3. The van der Waals surface area contributed by atoms with Crippen molar-refractivity contribution in [2.24, 2.45) is 5.92 Å². The summed E-state index contributed by atoms with van der Waals surface area (Å²) in [6.07, 6.45) is -0.0741. The fourth-order valence-corrected chi connectivity index (χ4v) is 5.70. The normalized spacial score (nSPS) is 23.1. The van der Waals surface area contributed by atoms with Crippen molar-refractivity contribution >= 4 is 11.6 Å². The largest absolute Gasteiger partial charge is 0.369 e. The summed E-state index contributed by atoms with van der Waals surface area (Å²) in [6, 6.07) is 24.1. The molecule has 0 bridgehead atoms. The van der Waals surface area contributed by atoms with E-state index in [1.165, 1.54) is 5.69 Å². The quantitative estimate of drug-likeness (QED) is 0.403. The maximum absolute atomic E-state index is 15.2. The third-order valence-corrected chi connectivity index (χ3v) is 7.90. The second kappa shape index (κ2) is 12.2. The van der Waals surface area contributed by atoms with Crippen LogP contribution in [-0.4, -0.2) is 50.1 Å². The predicted molar refractivity (Wildman–Crippen MR) is 153 cm³/mol. The number of rotatable bonds is 7. The lowest BCUT2D eigenvalue weighted by Crippen LogP contribution is -2.59. The molecule has 3 N–H and O–H groups in total. The topological polar surface area (TPSA) is 80.2 Å². The minimum absolute atomic E-state index is 0.349. The van der Waals surface area contributed by atoms with Gasteiger partial charge in [0.15, 0.2) is 0 Å². The van der Waals surface area contributed by atoms with Gasteiger partial charge in [-0.2, -0.15) is 5.26 Å². The Kier molecular flexibility index (Phi) is 8.43. The van der Waals surface area contributed by atoms with E-state index < -0.39 is 42.3 Å². The number of benzene rings is 3. The number of piperazine rings is 1. The molecule has 2 aliphatic rings. The number of piperidine rings is 1. The van der Waals surface area contributed by atoms with Crippen LogP contribution in [0.2, 0.25) is 0 Å². The number of carbonyl (C=O) groups is 1. The van der Waals surface area contributed by atoms with Gasteiger partial charge in [-0.3, -0.25) is 10.1 Å². The van der Waals surface area contributed by atoms with Gasteiger partial charge in [0, 0.05) is 44.7 Å². The SMILES string of the molecule is CC1CC(F)(F)[C@H](c2ccc(-c3ccc(N4CCNCC4)cc3)cc2)N[C@@H]1C(=O)N[C@H](C#N)Cc1ccccc1. The fourth-order valence-electron chi connectivity index (χ4n) is 5.70. The molecule has 2 aliphatic heterocycles. The smallest absolute Gasteiger partial charge is 0.267 e. The molecule has 2 heterocycles. The van der Waals surface area contributed by atoms with E-state index in [1.807, 2.05) is 42.5 Å². The van der Waals surface area contributed by atoms with E-state index >= 15 is 8.78 Å². The van der Waals surface area contributed by atoms with Crippen molar-refractivity contribution in [3.8, 4) is 17.2 Å². The molecule has 0 radical (unpaired) electrons. The summed E-state index contributed by atoms with van der Waals surface area (Å²) in [5.74, 6) is -4.06. The Balaban J connectivity index is 1.27. The molecular formula is C32H35F2N5O. The first-order chi connectivity index (χ1) is 19.3. The van der Waals surface area contributed by atoms with Gasteiger partial charge in [0.25, 0.3) is 5.92 Å². The van der Waals surface area contributed by atoms with Gasteiger partial charge in [0.1, 0.15) is 6.04 Å². The van der Waals surface area contributed by atoms with Crippen LogP contribution < -0.4 is 20.9 Å². The van der Waals surface area contributed by atoms with Crippen LogP contribution in [-0.2, 0) is 11.2 Å². The highest BCUT2D eigenvalue weighted by atomic mass is 19.3. The van der Waals surface area contributed by atoms with Crippen molar-refractivity contribution in [1.29, 1.82) is 5.26 Å². The minimum atomic E-state index is -3.03. The van der Waals surface area contributed by atoms with E-state index in [9.17, 15) is 10.1 Å². The summed E-state index contributed by atoms with van der Waals surface area (Å²) in [4.78, 5) is 15.5. The van der Waals surface area contributed by atoms with E-state index in [1.54, 1.807) is 19.1 Å². The van der Waals surface area contributed by atoms with Crippen LogP contribution >= 0.6 is 0 Å². The molecule has 5 rings (SSSR count). The number of hydrogen-bond acceptors (Lipinski definition) is 5. The zero-order valence-corrected chi connectivity index (χ0v) is 22.6. The average molecular weight is 544 g/mol. The number of halogens is 2. The molecule has 4 atom stereocenters. The molecule has 0 saturated carbocycles. The highest BCUT2D eigenvalue weighted by Gasteiger charge is 2.50. The predicted octanol–water partition coefficient (Wildman–Crippen LogP) is 4.69. The lowest BCUT2D eigenvalue weighted by atomic mass is 9.82. The number of alkyl halides is 2. The van der Waals surface area contributed by atoms with Crippen molar-refractivity contribution in [2.75, 3.05) is 31.1 Å². The van der Waals surface area contributed by atoms with Gasteiger partial charge in [-0.15, -0.1) is 0 Å². The Morgan fingerprint density at radius 1 is 1.02 bits per heavy atom. The van der Waals surface area contributed by atoms with Crippen molar-refractivity contribution < 1.29 is 13.6 Å². The molecule has 208 valence electrons. The second-order valence-electron chi connectivity index (χ2n) is 10.8. The van der Waals surface area contributed by atoms with E-state index in [0.717, 1.165) is 42.9 Å². The Labute approximate surface area is 234 Å². The Morgan fingerprint density at radius 2 is 1.65 bits per heavy atom. The van der Waals surface area contributed by atoms with Crippen LogP contribution in [0.4, 0.5) is 14.5 Å². The average Bonchev–Trinajstić information content (AvgIpc) is 2.97. The van der Waals surface area contributed by atoms with Gasteiger partial charge >= 0.3 is 0 Å². The molecule has 0 aliphatic carbocycles. The van der Waals surface area contributed by atoms with Crippen LogP contribution in [0.1, 0.15) is 30.5 Å². The van der Waals surface area contributed by atoms with Gasteiger partial charge in [0.05, 0.1) is 18.2 Å². The van der Waals surface area contributed by atoms with Gasteiger partial charge < -0.3 is 15.5 Å². The Hall–Kier alpha value is -3.80. The number of nitriles is 1. The first kappa shape index (κ1) is 27.8. The maximum atomic E-state index is 15.2. The molecule has 0 aromatic heterocycles. The summed E-state index contributed by atoms with van der Waals surface area (Å²) in [5, 5.41) is 18.6. The van der Waals surface area contributed by atoms with Gasteiger partial charge in [0.2, 0.25) is 5.91 Å². The molecule has 6 nitrogen and oxygen atoms in total. The van der Waals surface area contributed by atoms with Crippen LogP contribution in [0.5, 0.6) is 0 Å². The Morgan fingerprint density at radius 3 is 2.27 bits per heavy atom. The number of carbonyl (C=O) groups excluding carboxylic acids is 1. The summed E-state index contributed by atoms with van der Waals surface area (Å²) in [6.45, 7) is 5.53. The van der Waals surface area contributed by atoms with Crippen LogP contribution in [0.3, 0.4) is 0 Å². The van der Waals surface area contributed by atoms with E-state index in [2.05, 4.69) is 51.2 Å². The number of hydrogen-bond donors (Lipinski definition) is 3. The third kappa shape index (κ3) is 6.33. The molecule has 2 saturated heterocycles. The zero-order chi connectivity index (χ0) is 28.1. The molecule has 3 aromatic carbocycles. The molecular weight excluding hydrogens is 508 g/mol. The monoisotopic (exact) mass is 543 g/mol. The fraction of sp³-hybridized carbons (Fsp3) is 0.375. The van der Waals surface area contributed by atoms with E-state index in [4.69, 9.17) is 0 Å². The van der Waals surface area contributed by atoms with Crippen molar-refractivity contribution in [3.63, 3.8) is 0 Å². The molecule has 40 heavy (non-hydrogen) atoms. The van der Waals surface area contributed by atoms with E-state index in [-0.39, 0.29) is 0 Å². The molecule has 1 amide bonds. The van der Waals surface area contributed by atoms with Gasteiger partial charge in [-0.25, -0.2) is 8.78 Å². The lowest BCUT2D eigenvalue weighted by Gasteiger charge is -2.41. The summed E-state index contributed by atoms with van der Waals surface area (Å²) in [5.41, 5.74) is 4.48. The van der Waals surface area contributed by atoms with Crippen LogP contribution in [0, 0.1) is 17.2 Å². The van der Waals surface area contributed by atoms with E-state index in [0.29, 0.717) is 12.0 Å². The highest BCUT2D eigenvalue weighted by molar-refractivity contribution is 5.83. The first-order valence-corrected chi connectivity index (χ1v) is 13.9. The minimum Gasteiger partial charge on any atom is -0.369 e. The third-order valence-electron chi connectivity index (χ3n) is 7.90. The van der Waals surface area contributed by atoms with Crippen LogP contribution in [0.25, 0.3) is 11.1 Å². The summed E-state index contributed by atoms with van der Waals surface area (Å²) < 4.78 is 30.5. The van der Waals surface area contributed by atoms with Gasteiger partial charge in [-0.1, -0.05) is 73.7 Å². The van der Waals surface area contributed by atoms with Crippen molar-refractivity contribution in [2.45, 2.75) is 43.8 Å². The molecule has 1 unspecified atom stereocenters. The maximum Gasteiger partial charge on any atom is 0.267 e. The standard InChI is InChI=1S/C32H35F2N5O/c1-22-20-32(33,34)30(38-29(22)31(40)37-27(21-35)19-23-5-3-2-4-6-23)26-9-7-24(8-10-26)25-11-13-28(14-12-25)39-17-15-36-16-18-39/h2-14,22,27,29-30,36,38H,15-20H2,1H3,(H,37,40)/t22?,27-,29-,30-/m0/s1. The number of nitrogens with zero attached hydrogens (tertiary/aromatic N) is 2. The van der Waals surface area contributed by atoms with Crippen LogP contribution in [0.15, 0.2) is 78.9 Å². The first-order valence-electron chi connectivity index (χ1n) is 13.9. The summed E-state index contributed by atoms with van der Waals surface area (Å²) in [7, 11) is 0. The van der Waals surface area contributed by atoms with Crippen molar-refractivity contribution in [1.82, 2.24) is 16.0 Å². The molecule has 8 heteroatoms. The molecule has 3 aromatic rings. The lowest BCUT2D eigenvalue weighted by molar-refractivity contribution is -0.133. The number of amides is 1. The number of anilines is 1. The molecule has 2 fully saturated rings. The Bertz CT molecular complexity index is 1320. The zero-order valence-electron chi connectivity index (χ0n) is 22.6. The van der Waals surface area contributed by atoms with Crippen molar-refractivity contribution in [3.05, 3.63) is 90.0 Å². The summed E-state index contributed by atoms with van der Waals surface area (Å²) >= 11 is 0. The van der Waals surface area contributed by atoms with Gasteiger partial charge in [-0.05, 0) is 40.3 Å².